The Morgan fingerprint density at radius 1 is 1.55 bits per heavy atom. The number of aliphatic hydroxyl groups excluding tert-OH is 2. The molecule has 0 amide bonds. The second-order valence-corrected chi connectivity index (χ2v) is 4.78. The van der Waals surface area contributed by atoms with E-state index in [1.165, 1.54) is 13.4 Å². The van der Waals surface area contributed by atoms with Gasteiger partial charge in [-0.2, -0.15) is 9.97 Å². The predicted molar refractivity (Wildman–Crippen MR) is 68.5 cm³/mol. The molecule has 1 aliphatic rings. The zero-order valence-electron chi connectivity index (χ0n) is 10.6. The molecule has 3 heterocycles. The third kappa shape index (κ3) is 2.10. The fourth-order valence-electron chi connectivity index (χ4n) is 2.27. The molecule has 3 atom stereocenters. The summed E-state index contributed by atoms with van der Waals surface area (Å²) in [6.45, 7) is -0.247. The Hall–Kier alpha value is -1.48. The summed E-state index contributed by atoms with van der Waals surface area (Å²) < 4.78 is 12.3. The average Bonchev–Trinajstić information content (AvgIpc) is 3.00. The standard InChI is InChI=1S/C11H13ClN4O4/c1-19-10-8-9(14-11(12)15-10)16(4-13-8)7-2-5(18)6(3-17)20-7/h4-7,17-18H,2-3H2,1H3/t5-,6+,7+/m1/s1. The van der Waals surface area contributed by atoms with Crippen LogP contribution < -0.4 is 4.74 Å². The summed E-state index contributed by atoms with van der Waals surface area (Å²) in [5.74, 6) is 0.274. The summed E-state index contributed by atoms with van der Waals surface area (Å²) in [6, 6.07) is 0. The van der Waals surface area contributed by atoms with Crippen molar-refractivity contribution in [3.8, 4) is 5.88 Å². The van der Waals surface area contributed by atoms with Crippen LogP contribution in [0.15, 0.2) is 6.33 Å². The molecular formula is C11H13ClN4O4. The molecular weight excluding hydrogens is 288 g/mol. The van der Waals surface area contributed by atoms with E-state index in [1.807, 2.05) is 0 Å². The van der Waals surface area contributed by atoms with Crippen LogP contribution in [-0.2, 0) is 4.74 Å². The van der Waals surface area contributed by atoms with Gasteiger partial charge < -0.3 is 19.7 Å². The van der Waals surface area contributed by atoms with Crippen molar-refractivity contribution in [3.63, 3.8) is 0 Å². The Balaban J connectivity index is 2.03. The summed E-state index contributed by atoms with van der Waals surface area (Å²) in [5.41, 5.74) is 0.917. The number of hydrogen-bond donors (Lipinski definition) is 2. The van der Waals surface area contributed by atoms with E-state index in [2.05, 4.69) is 15.0 Å². The summed E-state index contributed by atoms with van der Waals surface area (Å²) in [4.78, 5) is 12.2. The highest BCUT2D eigenvalue weighted by molar-refractivity contribution is 6.28. The van der Waals surface area contributed by atoms with E-state index in [9.17, 15) is 5.11 Å². The SMILES string of the molecule is COc1nc(Cl)nc2c1ncn2[C@@H]1C[C@@H](O)[C@H](CO)O1. The summed E-state index contributed by atoms with van der Waals surface area (Å²) in [7, 11) is 1.47. The lowest BCUT2D eigenvalue weighted by molar-refractivity contribution is -0.0432. The minimum Gasteiger partial charge on any atom is -0.479 e. The van der Waals surface area contributed by atoms with Crippen LogP contribution in [0, 0.1) is 0 Å². The molecule has 1 aliphatic heterocycles. The van der Waals surface area contributed by atoms with Crippen molar-refractivity contribution >= 4 is 22.8 Å². The summed E-state index contributed by atoms with van der Waals surface area (Å²) >= 11 is 5.85. The van der Waals surface area contributed by atoms with Gasteiger partial charge in [-0.3, -0.25) is 4.57 Å². The van der Waals surface area contributed by atoms with Crippen molar-refractivity contribution in [1.29, 1.82) is 0 Å². The van der Waals surface area contributed by atoms with E-state index in [4.69, 9.17) is 26.2 Å². The highest BCUT2D eigenvalue weighted by Gasteiger charge is 2.35. The van der Waals surface area contributed by atoms with Gasteiger partial charge in [0, 0.05) is 6.42 Å². The van der Waals surface area contributed by atoms with Crippen molar-refractivity contribution in [2.75, 3.05) is 13.7 Å². The number of nitrogens with zero attached hydrogens (tertiary/aromatic N) is 4. The lowest BCUT2D eigenvalue weighted by Gasteiger charge is -2.13. The molecule has 108 valence electrons. The first kappa shape index (κ1) is 13.5. The molecule has 0 saturated carbocycles. The number of aromatic nitrogens is 4. The van der Waals surface area contributed by atoms with Crippen LogP contribution in [0.25, 0.3) is 11.2 Å². The normalized spacial score (nSPS) is 26.3. The molecule has 0 bridgehead atoms. The van der Waals surface area contributed by atoms with Crippen molar-refractivity contribution in [1.82, 2.24) is 19.5 Å². The van der Waals surface area contributed by atoms with Crippen LogP contribution in [0.2, 0.25) is 5.28 Å². The molecule has 0 aromatic carbocycles. The number of halogens is 1. The van der Waals surface area contributed by atoms with Crippen molar-refractivity contribution < 1.29 is 19.7 Å². The van der Waals surface area contributed by atoms with Gasteiger partial charge >= 0.3 is 0 Å². The smallest absolute Gasteiger partial charge is 0.246 e. The number of methoxy groups -OCH3 is 1. The van der Waals surface area contributed by atoms with Gasteiger partial charge in [-0.1, -0.05) is 0 Å². The topological polar surface area (TPSA) is 103 Å². The van der Waals surface area contributed by atoms with E-state index in [-0.39, 0.29) is 17.8 Å². The number of ether oxygens (including phenoxy) is 2. The Kier molecular flexibility index (Phi) is 3.47. The molecule has 20 heavy (non-hydrogen) atoms. The first-order chi connectivity index (χ1) is 9.63. The van der Waals surface area contributed by atoms with E-state index in [0.717, 1.165) is 0 Å². The van der Waals surface area contributed by atoms with Gasteiger partial charge in [-0.15, -0.1) is 0 Å². The van der Waals surface area contributed by atoms with Crippen LogP contribution in [-0.4, -0.2) is 55.7 Å². The van der Waals surface area contributed by atoms with Gasteiger partial charge in [-0.25, -0.2) is 4.98 Å². The van der Waals surface area contributed by atoms with E-state index < -0.39 is 18.4 Å². The molecule has 1 fully saturated rings. The van der Waals surface area contributed by atoms with Crippen LogP contribution in [0.4, 0.5) is 0 Å². The molecule has 2 aromatic heterocycles. The van der Waals surface area contributed by atoms with Crippen LogP contribution >= 0.6 is 11.6 Å². The molecule has 2 N–H and O–H groups in total. The number of fused-ring (bicyclic) bond motifs is 1. The monoisotopic (exact) mass is 300 g/mol. The van der Waals surface area contributed by atoms with Gasteiger partial charge in [0.1, 0.15) is 12.3 Å². The van der Waals surface area contributed by atoms with Gasteiger partial charge in [-0.05, 0) is 11.6 Å². The summed E-state index contributed by atoms with van der Waals surface area (Å²) in [6.07, 6.45) is 0.0387. The highest BCUT2D eigenvalue weighted by atomic mass is 35.5. The maximum absolute atomic E-state index is 9.78. The molecule has 8 nitrogen and oxygen atoms in total. The van der Waals surface area contributed by atoms with Crippen molar-refractivity contribution in [2.24, 2.45) is 0 Å². The van der Waals surface area contributed by atoms with Crippen molar-refractivity contribution in [2.45, 2.75) is 24.9 Å². The van der Waals surface area contributed by atoms with E-state index in [0.29, 0.717) is 17.6 Å². The second-order valence-electron chi connectivity index (χ2n) is 4.44. The fourth-order valence-corrected chi connectivity index (χ4v) is 2.43. The fraction of sp³-hybridized carbons (Fsp3) is 0.545. The van der Waals surface area contributed by atoms with Crippen LogP contribution in [0.1, 0.15) is 12.6 Å². The minimum atomic E-state index is -0.735. The molecule has 0 aliphatic carbocycles. The highest BCUT2D eigenvalue weighted by Crippen LogP contribution is 2.32. The zero-order valence-corrected chi connectivity index (χ0v) is 11.4. The van der Waals surface area contributed by atoms with Crippen LogP contribution in [0.5, 0.6) is 5.88 Å². The van der Waals surface area contributed by atoms with Crippen molar-refractivity contribution in [3.05, 3.63) is 11.6 Å². The number of aliphatic hydroxyl groups is 2. The second kappa shape index (κ2) is 5.13. The molecule has 2 aromatic rings. The lowest BCUT2D eigenvalue weighted by Crippen LogP contribution is -2.24. The van der Waals surface area contributed by atoms with Gasteiger partial charge in [0.25, 0.3) is 0 Å². The Labute approximate surface area is 118 Å². The molecule has 0 unspecified atom stereocenters. The summed E-state index contributed by atoms with van der Waals surface area (Å²) in [5, 5.41) is 18.9. The molecule has 3 rings (SSSR count). The predicted octanol–water partition coefficient (Wildman–Crippen LogP) is 0.129. The molecule has 0 spiro atoms. The number of hydrogen-bond acceptors (Lipinski definition) is 7. The number of rotatable bonds is 3. The van der Waals surface area contributed by atoms with E-state index >= 15 is 0 Å². The number of imidazole rings is 1. The minimum absolute atomic E-state index is 0.0355. The zero-order chi connectivity index (χ0) is 14.3. The average molecular weight is 301 g/mol. The Bertz CT molecular complexity index is 634. The molecule has 9 heteroatoms. The third-order valence-electron chi connectivity index (χ3n) is 3.25. The maximum atomic E-state index is 9.78. The largest absolute Gasteiger partial charge is 0.479 e. The van der Waals surface area contributed by atoms with E-state index in [1.54, 1.807) is 4.57 Å². The lowest BCUT2D eigenvalue weighted by atomic mass is 10.2. The third-order valence-corrected chi connectivity index (χ3v) is 3.42. The first-order valence-corrected chi connectivity index (χ1v) is 6.40. The van der Waals surface area contributed by atoms with Gasteiger partial charge in [0.05, 0.1) is 26.1 Å². The molecule has 1 saturated heterocycles. The molecule has 0 radical (unpaired) electrons. The van der Waals surface area contributed by atoms with Gasteiger partial charge in [0.2, 0.25) is 11.2 Å². The van der Waals surface area contributed by atoms with Gasteiger partial charge in [0.15, 0.2) is 11.2 Å². The maximum Gasteiger partial charge on any atom is 0.246 e. The van der Waals surface area contributed by atoms with Crippen LogP contribution in [0.3, 0.4) is 0 Å². The Morgan fingerprint density at radius 3 is 3.00 bits per heavy atom. The Morgan fingerprint density at radius 2 is 2.35 bits per heavy atom. The quantitative estimate of drug-likeness (QED) is 0.777. The first-order valence-electron chi connectivity index (χ1n) is 6.02.